The Morgan fingerprint density at radius 2 is 2.15 bits per heavy atom. The van der Waals surface area contributed by atoms with Crippen molar-refractivity contribution in [2.24, 2.45) is 0 Å². The lowest BCUT2D eigenvalue weighted by Crippen LogP contribution is -2.47. The van der Waals surface area contributed by atoms with E-state index in [0.717, 1.165) is 29.6 Å². The minimum Gasteiger partial charge on any atom is -0.374 e. The first-order valence-electron chi connectivity index (χ1n) is 8.91. The van der Waals surface area contributed by atoms with Crippen molar-refractivity contribution in [2.75, 3.05) is 13.2 Å². The first-order valence-corrected chi connectivity index (χ1v) is 8.91. The molecule has 2 fully saturated rings. The number of nitrogens with one attached hydrogen (secondary N) is 1. The average molecular weight is 353 g/mol. The van der Waals surface area contributed by atoms with Crippen LogP contribution in [0.3, 0.4) is 0 Å². The number of morpholine rings is 1. The van der Waals surface area contributed by atoms with Crippen LogP contribution in [0.1, 0.15) is 53.9 Å². The first-order chi connectivity index (χ1) is 12.7. The number of H-pyrrole nitrogens is 1. The quantitative estimate of drug-likeness (QED) is 0.777. The Bertz CT molecular complexity index is 961. The van der Waals surface area contributed by atoms with Crippen LogP contribution >= 0.6 is 0 Å². The van der Waals surface area contributed by atoms with Gasteiger partial charge in [-0.2, -0.15) is 10.1 Å². The molecule has 2 aromatic heterocycles. The van der Waals surface area contributed by atoms with E-state index in [-0.39, 0.29) is 12.0 Å². The maximum absolute atomic E-state index is 13.3. The van der Waals surface area contributed by atoms with Crippen LogP contribution in [0.2, 0.25) is 0 Å². The minimum absolute atomic E-state index is 0.159. The molecule has 5 rings (SSSR count). The number of amides is 1. The van der Waals surface area contributed by atoms with Gasteiger partial charge in [-0.1, -0.05) is 23.4 Å². The highest BCUT2D eigenvalue weighted by Crippen LogP contribution is 2.39. The van der Waals surface area contributed by atoms with Gasteiger partial charge < -0.3 is 14.2 Å². The summed E-state index contributed by atoms with van der Waals surface area (Å²) in [7, 11) is 0. The maximum atomic E-state index is 13.3. The van der Waals surface area contributed by atoms with Gasteiger partial charge >= 0.3 is 0 Å². The minimum atomic E-state index is -0.410. The molecule has 2 atom stereocenters. The zero-order valence-electron chi connectivity index (χ0n) is 14.4. The second-order valence-corrected chi connectivity index (χ2v) is 6.90. The molecule has 26 heavy (non-hydrogen) atoms. The van der Waals surface area contributed by atoms with E-state index in [0.29, 0.717) is 30.7 Å². The first kappa shape index (κ1) is 15.5. The monoisotopic (exact) mass is 353 g/mol. The molecule has 1 N–H and O–H groups in total. The molecule has 0 bridgehead atoms. The molecule has 0 unspecified atom stereocenters. The average Bonchev–Trinajstić information content (AvgIpc) is 3.24. The van der Waals surface area contributed by atoms with Crippen molar-refractivity contribution in [1.82, 2.24) is 25.2 Å². The van der Waals surface area contributed by atoms with Gasteiger partial charge in [0.1, 0.15) is 6.04 Å². The molecule has 1 saturated carbocycles. The fourth-order valence-corrected chi connectivity index (χ4v) is 3.52. The third-order valence-electron chi connectivity index (χ3n) is 5.08. The van der Waals surface area contributed by atoms with Crippen molar-refractivity contribution < 1.29 is 14.1 Å². The van der Waals surface area contributed by atoms with Gasteiger partial charge in [0.2, 0.25) is 0 Å². The van der Waals surface area contributed by atoms with E-state index < -0.39 is 6.04 Å². The Hall–Kier alpha value is -2.74. The number of hydrogen-bond donors (Lipinski definition) is 1. The molecule has 0 radical (unpaired) electrons. The second-order valence-electron chi connectivity index (χ2n) is 6.90. The summed E-state index contributed by atoms with van der Waals surface area (Å²) < 4.78 is 11.3. The van der Waals surface area contributed by atoms with Crippen LogP contribution in [0.4, 0.5) is 0 Å². The van der Waals surface area contributed by atoms with Gasteiger partial charge in [-0.3, -0.25) is 9.89 Å². The molecular weight excluding hydrogens is 334 g/mol. The molecule has 1 amide bonds. The molecule has 8 heteroatoms. The molecular formula is C18H19N5O3. The van der Waals surface area contributed by atoms with Crippen LogP contribution in [-0.4, -0.2) is 50.4 Å². The summed E-state index contributed by atoms with van der Waals surface area (Å²) in [5, 5.41) is 12.1. The zero-order chi connectivity index (χ0) is 17.7. The molecule has 1 saturated heterocycles. The smallest absolute Gasteiger partial charge is 0.275 e. The Morgan fingerprint density at radius 3 is 3.00 bits per heavy atom. The van der Waals surface area contributed by atoms with Crippen LogP contribution in [0, 0.1) is 0 Å². The van der Waals surface area contributed by atoms with E-state index in [4.69, 9.17) is 9.26 Å². The van der Waals surface area contributed by atoms with Gasteiger partial charge in [-0.25, -0.2) is 0 Å². The standard InChI is InChI=1S/C18H19N5O3/c1-10-15(17-19-16(22-26-17)11-6-7-11)23(8-9-25-10)18(24)14-12-4-2-3-5-13(12)20-21-14/h2-5,10-11,15H,6-9H2,1H3,(H,20,21)/t10-,15+/m1/s1. The summed E-state index contributed by atoms with van der Waals surface area (Å²) in [6, 6.07) is 7.19. The van der Waals surface area contributed by atoms with Crippen LogP contribution in [0.5, 0.6) is 0 Å². The number of ether oxygens (including phenoxy) is 1. The van der Waals surface area contributed by atoms with Gasteiger partial charge in [0.25, 0.3) is 11.8 Å². The van der Waals surface area contributed by atoms with Crippen molar-refractivity contribution in [3.63, 3.8) is 0 Å². The lowest BCUT2D eigenvalue weighted by atomic mass is 10.1. The van der Waals surface area contributed by atoms with E-state index in [1.54, 1.807) is 4.90 Å². The fraction of sp³-hybridized carbons (Fsp3) is 0.444. The molecule has 1 aromatic carbocycles. The number of carbonyl (C=O) groups is 1. The highest BCUT2D eigenvalue weighted by molar-refractivity contribution is 6.04. The molecule has 134 valence electrons. The number of aromatic amines is 1. The summed E-state index contributed by atoms with van der Waals surface area (Å²) in [6.45, 7) is 2.85. The van der Waals surface area contributed by atoms with Crippen LogP contribution in [0.15, 0.2) is 28.8 Å². The van der Waals surface area contributed by atoms with Crippen LogP contribution in [0.25, 0.3) is 10.9 Å². The van der Waals surface area contributed by atoms with Gasteiger partial charge in [-0.05, 0) is 25.8 Å². The van der Waals surface area contributed by atoms with E-state index in [2.05, 4.69) is 20.3 Å². The van der Waals surface area contributed by atoms with E-state index in [1.807, 2.05) is 31.2 Å². The molecule has 3 aromatic rings. The number of hydrogen-bond acceptors (Lipinski definition) is 6. The predicted octanol–water partition coefficient (Wildman–Crippen LogP) is 2.43. The van der Waals surface area contributed by atoms with Crippen LogP contribution < -0.4 is 0 Å². The predicted molar refractivity (Wildman–Crippen MR) is 91.6 cm³/mol. The van der Waals surface area contributed by atoms with E-state index in [1.165, 1.54) is 0 Å². The van der Waals surface area contributed by atoms with E-state index >= 15 is 0 Å². The number of nitrogens with zero attached hydrogens (tertiary/aromatic N) is 4. The van der Waals surface area contributed by atoms with Crippen molar-refractivity contribution >= 4 is 16.8 Å². The number of rotatable bonds is 3. The number of fused-ring (bicyclic) bond motifs is 1. The van der Waals surface area contributed by atoms with Gasteiger partial charge in [0.15, 0.2) is 11.5 Å². The number of benzene rings is 1. The molecule has 3 heterocycles. The number of carbonyl (C=O) groups excluding carboxylic acids is 1. The summed E-state index contributed by atoms with van der Waals surface area (Å²) in [4.78, 5) is 19.5. The Kier molecular flexibility index (Phi) is 3.53. The van der Waals surface area contributed by atoms with Gasteiger partial charge in [-0.15, -0.1) is 0 Å². The molecule has 1 aliphatic carbocycles. The molecule has 8 nitrogen and oxygen atoms in total. The maximum Gasteiger partial charge on any atom is 0.275 e. The molecule has 0 spiro atoms. The largest absolute Gasteiger partial charge is 0.374 e. The lowest BCUT2D eigenvalue weighted by Gasteiger charge is -2.37. The van der Waals surface area contributed by atoms with Crippen molar-refractivity contribution in [3.05, 3.63) is 41.7 Å². The Morgan fingerprint density at radius 1 is 1.31 bits per heavy atom. The fourth-order valence-electron chi connectivity index (χ4n) is 3.52. The lowest BCUT2D eigenvalue weighted by molar-refractivity contribution is -0.0601. The van der Waals surface area contributed by atoms with Crippen molar-refractivity contribution in [3.8, 4) is 0 Å². The van der Waals surface area contributed by atoms with Crippen LogP contribution in [-0.2, 0) is 4.74 Å². The summed E-state index contributed by atoms with van der Waals surface area (Å²) in [5.41, 5.74) is 1.24. The number of aromatic nitrogens is 4. The third kappa shape index (κ3) is 2.48. The zero-order valence-corrected chi connectivity index (χ0v) is 14.4. The SMILES string of the molecule is C[C@H]1OCCN(C(=O)c2n[nH]c3ccccc23)[C@@H]1c1nc(C2CC2)no1. The molecule has 2 aliphatic rings. The van der Waals surface area contributed by atoms with Gasteiger partial charge in [0, 0.05) is 17.8 Å². The summed E-state index contributed by atoms with van der Waals surface area (Å²) >= 11 is 0. The normalized spacial score (nSPS) is 23.5. The second kappa shape index (κ2) is 5.91. The summed E-state index contributed by atoms with van der Waals surface area (Å²) in [6.07, 6.45) is 1.96. The topological polar surface area (TPSA) is 97.1 Å². The van der Waals surface area contributed by atoms with Crippen molar-refractivity contribution in [1.29, 1.82) is 0 Å². The van der Waals surface area contributed by atoms with Gasteiger partial charge in [0.05, 0.1) is 18.2 Å². The Balaban J connectivity index is 1.51. The number of para-hydroxylation sites is 1. The highest BCUT2D eigenvalue weighted by Gasteiger charge is 2.40. The summed E-state index contributed by atoms with van der Waals surface area (Å²) in [5.74, 6) is 1.41. The van der Waals surface area contributed by atoms with E-state index in [9.17, 15) is 4.79 Å². The Labute approximate surface area is 149 Å². The third-order valence-corrected chi connectivity index (χ3v) is 5.08. The molecule has 1 aliphatic heterocycles. The van der Waals surface area contributed by atoms with Crippen molar-refractivity contribution in [2.45, 2.75) is 37.8 Å². The highest BCUT2D eigenvalue weighted by atomic mass is 16.5.